The number of ether oxygens (including phenoxy) is 1. The van der Waals surface area contributed by atoms with Gasteiger partial charge in [0, 0.05) is 13.2 Å². The topological polar surface area (TPSA) is 9.23 Å². The van der Waals surface area contributed by atoms with Crippen LogP contribution >= 0.6 is 0 Å². The van der Waals surface area contributed by atoms with Gasteiger partial charge in [-0.15, -0.1) is 0 Å². The van der Waals surface area contributed by atoms with Crippen LogP contribution in [-0.2, 0) is 4.74 Å². The van der Waals surface area contributed by atoms with Crippen molar-refractivity contribution in [2.45, 2.75) is 25.9 Å². The molecule has 1 fully saturated rings. The fourth-order valence-corrected chi connectivity index (χ4v) is 1.11. The largest absolute Gasteiger partial charge is 0.394 e. The molecule has 0 unspecified atom stereocenters. The minimum Gasteiger partial charge on any atom is -0.381 e. The summed E-state index contributed by atoms with van der Waals surface area (Å²) in [5.74, 6) is 0. The summed E-state index contributed by atoms with van der Waals surface area (Å²) in [6, 6.07) is 0. The molecule has 1 saturated heterocycles. The molecule has 0 atom stereocenters. The summed E-state index contributed by atoms with van der Waals surface area (Å²) in [6.07, 6.45) is -3.89. The molecule has 1 heterocycles. The van der Waals surface area contributed by atoms with Gasteiger partial charge >= 0.3 is 6.18 Å². The molecule has 66 valence electrons. The van der Waals surface area contributed by atoms with E-state index in [1.165, 1.54) is 6.92 Å². The molecule has 1 aliphatic rings. The van der Waals surface area contributed by atoms with Crippen molar-refractivity contribution < 1.29 is 17.9 Å². The van der Waals surface area contributed by atoms with Gasteiger partial charge in [0.25, 0.3) is 0 Å². The van der Waals surface area contributed by atoms with Gasteiger partial charge in [0.1, 0.15) is 0 Å². The van der Waals surface area contributed by atoms with Gasteiger partial charge in [0.15, 0.2) is 0 Å². The predicted octanol–water partition coefficient (Wildman–Crippen LogP) is 2.37. The summed E-state index contributed by atoms with van der Waals surface area (Å²) in [4.78, 5) is 0. The first-order chi connectivity index (χ1) is 4.96. The highest BCUT2D eigenvalue weighted by atomic mass is 19.4. The maximum absolute atomic E-state index is 12.3. The van der Waals surface area contributed by atoms with Crippen LogP contribution in [0.1, 0.15) is 19.8 Å². The Bertz CT molecular complexity index is 135. The van der Waals surface area contributed by atoms with Gasteiger partial charge in [-0.25, -0.2) is 0 Å². The van der Waals surface area contributed by atoms with E-state index in [4.69, 9.17) is 4.74 Å². The highest BCUT2D eigenvalue weighted by Crippen LogP contribution is 2.45. The Labute approximate surface area is 63.5 Å². The fraction of sp³-hybridized carbons (Fsp3) is 1.00. The van der Waals surface area contributed by atoms with Crippen LogP contribution in [0.5, 0.6) is 0 Å². The maximum Gasteiger partial charge on any atom is 0.394 e. The molecule has 0 saturated carbocycles. The van der Waals surface area contributed by atoms with Crippen molar-refractivity contribution >= 4 is 0 Å². The number of rotatable bonds is 0. The van der Waals surface area contributed by atoms with E-state index < -0.39 is 11.6 Å². The zero-order valence-electron chi connectivity index (χ0n) is 6.37. The fourth-order valence-electron chi connectivity index (χ4n) is 1.11. The first kappa shape index (κ1) is 8.84. The number of alkyl halides is 3. The molecular formula is C7H11F3O. The molecule has 0 N–H and O–H groups in total. The quantitative estimate of drug-likeness (QED) is 0.539. The zero-order chi connectivity index (χ0) is 8.54. The molecule has 1 rings (SSSR count). The van der Waals surface area contributed by atoms with Gasteiger partial charge in [0.05, 0.1) is 5.41 Å². The second-order valence-electron chi connectivity index (χ2n) is 3.17. The Morgan fingerprint density at radius 2 is 1.64 bits per heavy atom. The predicted molar refractivity (Wildman–Crippen MR) is 34.2 cm³/mol. The summed E-state index contributed by atoms with van der Waals surface area (Å²) in [7, 11) is 0. The van der Waals surface area contributed by atoms with E-state index in [1.807, 2.05) is 0 Å². The van der Waals surface area contributed by atoms with Gasteiger partial charge in [0.2, 0.25) is 0 Å². The highest BCUT2D eigenvalue weighted by molar-refractivity contribution is 4.83. The Kier molecular flexibility index (Phi) is 2.14. The standard InChI is InChI=1S/C7H11F3O/c1-6(7(8,9)10)2-4-11-5-3-6/h2-5H2,1H3. The molecule has 0 spiro atoms. The summed E-state index contributed by atoms with van der Waals surface area (Å²) >= 11 is 0. The molecule has 4 heteroatoms. The van der Waals surface area contributed by atoms with Crippen LogP contribution in [0.3, 0.4) is 0 Å². The third-order valence-corrected chi connectivity index (χ3v) is 2.28. The van der Waals surface area contributed by atoms with Crippen molar-refractivity contribution in [2.24, 2.45) is 5.41 Å². The van der Waals surface area contributed by atoms with Gasteiger partial charge < -0.3 is 4.74 Å². The van der Waals surface area contributed by atoms with Crippen LogP contribution in [-0.4, -0.2) is 19.4 Å². The van der Waals surface area contributed by atoms with Crippen molar-refractivity contribution in [1.82, 2.24) is 0 Å². The first-order valence-corrected chi connectivity index (χ1v) is 3.60. The first-order valence-electron chi connectivity index (χ1n) is 3.60. The van der Waals surface area contributed by atoms with Crippen molar-refractivity contribution in [3.63, 3.8) is 0 Å². The third kappa shape index (κ3) is 1.67. The lowest BCUT2D eigenvalue weighted by molar-refractivity contribution is -0.238. The monoisotopic (exact) mass is 168 g/mol. The van der Waals surface area contributed by atoms with Crippen molar-refractivity contribution in [1.29, 1.82) is 0 Å². The summed E-state index contributed by atoms with van der Waals surface area (Å²) < 4.78 is 41.7. The minimum absolute atomic E-state index is 0.0938. The number of halogens is 3. The number of hydrogen-bond donors (Lipinski definition) is 0. The third-order valence-electron chi connectivity index (χ3n) is 2.28. The molecule has 11 heavy (non-hydrogen) atoms. The lowest BCUT2D eigenvalue weighted by Gasteiger charge is -2.35. The average Bonchev–Trinajstić information content (AvgIpc) is 1.87. The number of hydrogen-bond acceptors (Lipinski definition) is 1. The lowest BCUT2D eigenvalue weighted by Crippen LogP contribution is -2.40. The van der Waals surface area contributed by atoms with Crippen molar-refractivity contribution in [2.75, 3.05) is 13.2 Å². The van der Waals surface area contributed by atoms with E-state index >= 15 is 0 Å². The normalized spacial score (nSPS) is 25.1. The molecule has 0 radical (unpaired) electrons. The van der Waals surface area contributed by atoms with Crippen molar-refractivity contribution in [3.8, 4) is 0 Å². The second-order valence-corrected chi connectivity index (χ2v) is 3.17. The summed E-state index contributed by atoms with van der Waals surface area (Å²) in [6.45, 7) is 1.72. The van der Waals surface area contributed by atoms with E-state index in [0.717, 1.165) is 0 Å². The van der Waals surface area contributed by atoms with Crippen LogP contribution in [0.2, 0.25) is 0 Å². The average molecular weight is 168 g/mol. The molecule has 1 aliphatic heterocycles. The van der Waals surface area contributed by atoms with Gasteiger partial charge in [-0.1, -0.05) is 6.92 Å². The second kappa shape index (κ2) is 2.66. The van der Waals surface area contributed by atoms with E-state index in [-0.39, 0.29) is 26.1 Å². The van der Waals surface area contributed by atoms with Gasteiger partial charge in [-0.2, -0.15) is 13.2 Å². The van der Waals surface area contributed by atoms with E-state index in [2.05, 4.69) is 0 Å². The van der Waals surface area contributed by atoms with Crippen molar-refractivity contribution in [3.05, 3.63) is 0 Å². The van der Waals surface area contributed by atoms with E-state index in [0.29, 0.717) is 0 Å². The van der Waals surface area contributed by atoms with Gasteiger partial charge in [-0.05, 0) is 12.8 Å². The Morgan fingerprint density at radius 1 is 1.18 bits per heavy atom. The Hall–Kier alpha value is -0.250. The molecule has 0 amide bonds. The van der Waals surface area contributed by atoms with Crippen LogP contribution in [0.4, 0.5) is 13.2 Å². The van der Waals surface area contributed by atoms with Gasteiger partial charge in [-0.3, -0.25) is 0 Å². The van der Waals surface area contributed by atoms with E-state index in [1.54, 1.807) is 0 Å². The molecular weight excluding hydrogens is 157 g/mol. The SMILES string of the molecule is CC1(C(F)(F)F)CCOCC1. The zero-order valence-corrected chi connectivity index (χ0v) is 6.37. The van der Waals surface area contributed by atoms with Crippen LogP contribution in [0.15, 0.2) is 0 Å². The molecule has 1 nitrogen and oxygen atoms in total. The summed E-state index contributed by atoms with van der Waals surface area (Å²) in [5.41, 5.74) is -1.51. The maximum atomic E-state index is 12.3. The molecule has 0 aromatic heterocycles. The van der Waals surface area contributed by atoms with Crippen LogP contribution in [0, 0.1) is 5.41 Å². The molecule has 0 aromatic rings. The molecule has 0 aromatic carbocycles. The van der Waals surface area contributed by atoms with E-state index in [9.17, 15) is 13.2 Å². The highest BCUT2D eigenvalue weighted by Gasteiger charge is 2.51. The van der Waals surface area contributed by atoms with Crippen LogP contribution in [0.25, 0.3) is 0 Å². The molecule has 0 aliphatic carbocycles. The molecule has 0 bridgehead atoms. The smallest absolute Gasteiger partial charge is 0.381 e. The Morgan fingerprint density at radius 3 is 1.91 bits per heavy atom. The lowest BCUT2D eigenvalue weighted by atomic mass is 9.82. The summed E-state index contributed by atoms with van der Waals surface area (Å²) in [5, 5.41) is 0. The van der Waals surface area contributed by atoms with Crippen LogP contribution < -0.4 is 0 Å². The Balaban J connectivity index is 2.64. The minimum atomic E-state index is -4.07.